The molecule has 0 spiro atoms. The molecule has 1 aromatic rings. The van der Waals surface area contributed by atoms with Crippen LogP contribution in [-0.4, -0.2) is 25.9 Å². The van der Waals surface area contributed by atoms with E-state index in [-0.39, 0.29) is 12.1 Å². The second-order valence-corrected chi connectivity index (χ2v) is 5.34. The maximum Gasteiger partial charge on any atom is 0.119 e. The largest absolute Gasteiger partial charge is 0.494 e. The molecule has 0 aliphatic carbocycles. The van der Waals surface area contributed by atoms with Crippen molar-refractivity contribution in [3.63, 3.8) is 0 Å². The van der Waals surface area contributed by atoms with Gasteiger partial charge in [0.05, 0.1) is 18.8 Å². The van der Waals surface area contributed by atoms with Gasteiger partial charge in [-0.15, -0.1) is 0 Å². The summed E-state index contributed by atoms with van der Waals surface area (Å²) in [5.41, 5.74) is 1.27. The summed E-state index contributed by atoms with van der Waals surface area (Å²) in [6, 6.07) is 8.69. The molecule has 0 radical (unpaired) electrons. The maximum absolute atomic E-state index is 5.99. The lowest BCUT2D eigenvalue weighted by atomic mass is 9.95. The molecule has 2 atom stereocenters. The van der Waals surface area contributed by atoms with Crippen molar-refractivity contribution in [1.82, 2.24) is 5.32 Å². The molecular formula is C17H27NO2. The molecule has 0 saturated carbocycles. The standard InChI is InChI=1S/C17H27NO2/c1-3-11-18-17(16-10-5-6-12-20-16)14-8-7-9-15(13-14)19-4-2/h7-9,13,16-18H,3-6,10-12H2,1-2H3. The first-order valence-corrected chi connectivity index (χ1v) is 7.93. The van der Waals surface area contributed by atoms with E-state index < -0.39 is 0 Å². The van der Waals surface area contributed by atoms with E-state index in [0.717, 1.165) is 31.7 Å². The van der Waals surface area contributed by atoms with Crippen molar-refractivity contribution in [3.05, 3.63) is 29.8 Å². The van der Waals surface area contributed by atoms with Gasteiger partial charge in [0, 0.05) is 6.61 Å². The van der Waals surface area contributed by atoms with Gasteiger partial charge in [0.1, 0.15) is 5.75 Å². The van der Waals surface area contributed by atoms with Crippen LogP contribution in [0.5, 0.6) is 5.75 Å². The third kappa shape index (κ3) is 4.22. The van der Waals surface area contributed by atoms with E-state index in [1.807, 2.05) is 13.0 Å². The third-order valence-electron chi connectivity index (χ3n) is 3.73. The summed E-state index contributed by atoms with van der Waals surface area (Å²) in [6.45, 7) is 6.83. The minimum Gasteiger partial charge on any atom is -0.494 e. The Morgan fingerprint density at radius 1 is 1.35 bits per heavy atom. The van der Waals surface area contributed by atoms with Crippen LogP contribution in [0.1, 0.15) is 51.1 Å². The quantitative estimate of drug-likeness (QED) is 0.824. The number of hydrogen-bond donors (Lipinski definition) is 1. The van der Waals surface area contributed by atoms with E-state index in [0.29, 0.717) is 6.61 Å². The predicted octanol–water partition coefficient (Wildman–Crippen LogP) is 3.70. The first kappa shape index (κ1) is 15.3. The van der Waals surface area contributed by atoms with Crippen molar-refractivity contribution in [3.8, 4) is 5.75 Å². The van der Waals surface area contributed by atoms with Crippen molar-refractivity contribution in [1.29, 1.82) is 0 Å². The van der Waals surface area contributed by atoms with Crippen molar-refractivity contribution in [2.45, 2.75) is 51.7 Å². The van der Waals surface area contributed by atoms with Crippen LogP contribution < -0.4 is 10.1 Å². The molecule has 1 aliphatic rings. The van der Waals surface area contributed by atoms with Gasteiger partial charge < -0.3 is 14.8 Å². The second-order valence-electron chi connectivity index (χ2n) is 5.34. The second kappa shape index (κ2) is 8.28. The van der Waals surface area contributed by atoms with Gasteiger partial charge in [-0.2, -0.15) is 0 Å². The summed E-state index contributed by atoms with van der Waals surface area (Å²) in [5.74, 6) is 0.948. The normalized spacial score (nSPS) is 20.6. The van der Waals surface area contributed by atoms with Gasteiger partial charge in [0.15, 0.2) is 0 Å². The molecule has 0 bridgehead atoms. The van der Waals surface area contributed by atoms with Crippen molar-refractivity contribution in [2.75, 3.05) is 19.8 Å². The fraction of sp³-hybridized carbons (Fsp3) is 0.647. The maximum atomic E-state index is 5.99. The van der Waals surface area contributed by atoms with Gasteiger partial charge in [-0.1, -0.05) is 19.1 Å². The van der Waals surface area contributed by atoms with Crippen molar-refractivity contribution >= 4 is 0 Å². The Morgan fingerprint density at radius 2 is 2.25 bits per heavy atom. The summed E-state index contributed by atoms with van der Waals surface area (Å²) in [7, 11) is 0. The Bertz CT molecular complexity index is 388. The fourth-order valence-electron chi connectivity index (χ4n) is 2.76. The summed E-state index contributed by atoms with van der Waals surface area (Å²) >= 11 is 0. The van der Waals surface area contributed by atoms with Crippen molar-refractivity contribution < 1.29 is 9.47 Å². The Morgan fingerprint density at radius 3 is 2.95 bits per heavy atom. The highest BCUT2D eigenvalue weighted by atomic mass is 16.5. The zero-order chi connectivity index (χ0) is 14.2. The Hall–Kier alpha value is -1.06. The summed E-state index contributed by atoms with van der Waals surface area (Å²) < 4.78 is 11.6. The first-order chi connectivity index (χ1) is 9.85. The molecular weight excluding hydrogens is 250 g/mol. The lowest BCUT2D eigenvalue weighted by molar-refractivity contribution is -0.00818. The Balaban J connectivity index is 2.13. The van der Waals surface area contributed by atoms with Gasteiger partial charge >= 0.3 is 0 Å². The SMILES string of the molecule is CCCNC(c1cccc(OCC)c1)C1CCCCO1. The lowest BCUT2D eigenvalue weighted by Crippen LogP contribution is -2.36. The number of nitrogens with one attached hydrogen (secondary N) is 1. The number of benzene rings is 1. The van der Waals surface area contributed by atoms with Crippen molar-refractivity contribution in [2.24, 2.45) is 0 Å². The third-order valence-corrected chi connectivity index (χ3v) is 3.73. The predicted molar refractivity (Wildman–Crippen MR) is 82.2 cm³/mol. The van der Waals surface area contributed by atoms with E-state index in [4.69, 9.17) is 9.47 Å². The minimum absolute atomic E-state index is 0.274. The van der Waals surface area contributed by atoms with Gasteiger partial charge in [0.2, 0.25) is 0 Å². The number of rotatable bonds is 7. The monoisotopic (exact) mass is 277 g/mol. The Kier molecular flexibility index (Phi) is 6.34. The zero-order valence-electron chi connectivity index (χ0n) is 12.7. The molecule has 1 aliphatic heterocycles. The van der Waals surface area contributed by atoms with Crippen LogP contribution in [0.3, 0.4) is 0 Å². The zero-order valence-corrected chi connectivity index (χ0v) is 12.7. The highest BCUT2D eigenvalue weighted by molar-refractivity contribution is 5.31. The smallest absolute Gasteiger partial charge is 0.119 e. The minimum atomic E-state index is 0.274. The van der Waals surface area contributed by atoms with Gasteiger partial charge in [-0.25, -0.2) is 0 Å². The topological polar surface area (TPSA) is 30.5 Å². The summed E-state index contributed by atoms with van der Waals surface area (Å²) in [6.07, 6.45) is 5.01. The molecule has 1 fully saturated rings. The average Bonchev–Trinajstić information content (AvgIpc) is 2.50. The molecule has 20 heavy (non-hydrogen) atoms. The molecule has 1 heterocycles. The average molecular weight is 277 g/mol. The summed E-state index contributed by atoms with van der Waals surface area (Å²) in [4.78, 5) is 0. The molecule has 1 N–H and O–H groups in total. The van der Waals surface area contributed by atoms with E-state index >= 15 is 0 Å². The van der Waals surface area contributed by atoms with Crippen LogP contribution >= 0.6 is 0 Å². The van der Waals surface area contributed by atoms with Crippen LogP contribution in [0.15, 0.2) is 24.3 Å². The molecule has 2 rings (SSSR count). The van der Waals surface area contributed by atoms with Gasteiger partial charge in [0.25, 0.3) is 0 Å². The molecule has 1 aromatic carbocycles. The number of hydrogen-bond acceptors (Lipinski definition) is 3. The highest BCUT2D eigenvalue weighted by Crippen LogP contribution is 2.28. The number of ether oxygens (including phenoxy) is 2. The fourth-order valence-corrected chi connectivity index (χ4v) is 2.76. The molecule has 3 nitrogen and oxygen atoms in total. The van der Waals surface area contributed by atoms with E-state index in [1.54, 1.807) is 0 Å². The molecule has 112 valence electrons. The molecule has 2 unspecified atom stereocenters. The van der Waals surface area contributed by atoms with Crippen LogP contribution in [0.2, 0.25) is 0 Å². The van der Waals surface area contributed by atoms with Gasteiger partial charge in [-0.3, -0.25) is 0 Å². The first-order valence-electron chi connectivity index (χ1n) is 7.93. The van der Waals surface area contributed by atoms with E-state index in [2.05, 4.69) is 30.4 Å². The molecule has 1 saturated heterocycles. The van der Waals surface area contributed by atoms with Crippen LogP contribution in [0.25, 0.3) is 0 Å². The molecule has 3 heteroatoms. The van der Waals surface area contributed by atoms with Gasteiger partial charge in [-0.05, 0) is 56.8 Å². The molecule has 0 aromatic heterocycles. The van der Waals surface area contributed by atoms with E-state index in [1.165, 1.54) is 18.4 Å². The van der Waals surface area contributed by atoms with Crippen LogP contribution in [0.4, 0.5) is 0 Å². The summed E-state index contributed by atoms with van der Waals surface area (Å²) in [5, 5.41) is 3.64. The molecule has 0 amide bonds. The highest BCUT2D eigenvalue weighted by Gasteiger charge is 2.25. The van der Waals surface area contributed by atoms with Crippen LogP contribution in [-0.2, 0) is 4.74 Å². The lowest BCUT2D eigenvalue weighted by Gasteiger charge is -2.31. The van der Waals surface area contributed by atoms with E-state index in [9.17, 15) is 0 Å². The Labute approximate surface area is 122 Å². The van der Waals surface area contributed by atoms with Crippen LogP contribution in [0, 0.1) is 0 Å².